The Kier molecular flexibility index (Phi) is 4.98. The zero-order chi connectivity index (χ0) is 12.0. The molecule has 1 heterocycles. The molecule has 0 radical (unpaired) electrons. The number of hydrogen-bond acceptors (Lipinski definition) is 5. The van der Waals surface area contributed by atoms with Crippen molar-refractivity contribution in [2.75, 3.05) is 39.1 Å². The van der Waals surface area contributed by atoms with Crippen LogP contribution in [0.3, 0.4) is 0 Å². The lowest BCUT2D eigenvalue weighted by Crippen LogP contribution is -2.21. The van der Waals surface area contributed by atoms with E-state index in [0.717, 1.165) is 24.5 Å². The molecule has 0 bridgehead atoms. The monoisotopic (exact) mass is 224 g/mol. The molecule has 5 heteroatoms. The predicted octanol–water partition coefficient (Wildman–Crippen LogP) is 1.16. The van der Waals surface area contributed by atoms with Gasteiger partial charge in [-0.2, -0.15) is 0 Å². The van der Waals surface area contributed by atoms with Gasteiger partial charge in [-0.15, -0.1) is 0 Å². The van der Waals surface area contributed by atoms with Crippen molar-refractivity contribution < 1.29 is 4.74 Å². The maximum absolute atomic E-state index is 5.40. The van der Waals surface area contributed by atoms with Gasteiger partial charge in [-0.1, -0.05) is 0 Å². The highest BCUT2D eigenvalue weighted by molar-refractivity contribution is 5.47. The molecule has 0 fully saturated rings. The first kappa shape index (κ1) is 12.7. The van der Waals surface area contributed by atoms with Crippen molar-refractivity contribution in [2.45, 2.75) is 13.8 Å². The second kappa shape index (κ2) is 6.27. The van der Waals surface area contributed by atoms with Crippen LogP contribution < -0.4 is 10.1 Å². The van der Waals surface area contributed by atoms with Gasteiger partial charge in [-0.25, -0.2) is 9.97 Å². The second-order valence-electron chi connectivity index (χ2n) is 3.82. The van der Waals surface area contributed by atoms with Gasteiger partial charge in [-0.05, 0) is 27.9 Å². The van der Waals surface area contributed by atoms with Crippen LogP contribution in [0.15, 0.2) is 6.33 Å². The summed E-state index contributed by atoms with van der Waals surface area (Å²) >= 11 is 0. The Hall–Kier alpha value is -1.36. The lowest BCUT2D eigenvalue weighted by atomic mass is 10.3. The highest BCUT2D eigenvalue weighted by Crippen LogP contribution is 2.19. The first-order valence-corrected chi connectivity index (χ1v) is 5.48. The molecule has 0 aliphatic rings. The van der Waals surface area contributed by atoms with Crippen LogP contribution in [0.25, 0.3) is 0 Å². The SMILES string of the molecule is CCOc1ncnc(NCCN(C)C)c1C. The molecule has 1 aromatic heterocycles. The van der Waals surface area contributed by atoms with E-state index in [1.165, 1.54) is 6.33 Å². The second-order valence-corrected chi connectivity index (χ2v) is 3.82. The Morgan fingerprint density at radius 1 is 1.38 bits per heavy atom. The van der Waals surface area contributed by atoms with Crippen LogP contribution in [0.5, 0.6) is 5.88 Å². The van der Waals surface area contributed by atoms with Crippen molar-refractivity contribution in [1.29, 1.82) is 0 Å². The number of anilines is 1. The van der Waals surface area contributed by atoms with Gasteiger partial charge in [0.25, 0.3) is 0 Å². The summed E-state index contributed by atoms with van der Waals surface area (Å²) in [5.41, 5.74) is 0.961. The topological polar surface area (TPSA) is 50.3 Å². The van der Waals surface area contributed by atoms with Crippen LogP contribution >= 0.6 is 0 Å². The van der Waals surface area contributed by atoms with Crippen LogP contribution in [0, 0.1) is 6.92 Å². The van der Waals surface area contributed by atoms with E-state index >= 15 is 0 Å². The Balaban J connectivity index is 2.62. The molecule has 90 valence electrons. The lowest BCUT2D eigenvalue weighted by Gasteiger charge is -2.13. The number of rotatable bonds is 6. The third kappa shape index (κ3) is 3.66. The number of likely N-dealkylation sites (N-methyl/N-ethyl adjacent to an activating group) is 1. The minimum atomic E-state index is 0.620. The van der Waals surface area contributed by atoms with Crippen molar-refractivity contribution in [2.24, 2.45) is 0 Å². The Bertz CT molecular complexity index is 328. The molecule has 0 saturated heterocycles. The molecule has 0 aliphatic carbocycles. The van der Waals surface area contributed by atoms with Crippen LogP contribution in [0.1, 0.15) is 12.5 Å². The molecule has 0 aliphatic heterocycles. The number of aromatic nitrogens is 2. The summed E-state index contributed by atoms with van der Waals surface area (Å²) in [6, 6.07) is 0. The van der Waals surface area contributed by atoms with E-state index in [-0.39, 0.29) is 0 Å². The van der Waals surface area contributed by atoms with E-state index in [1.54, 1.807) is 0 Å². The molecule has 0 atom stereocenters. The van der Waals surface area contributed by atoms with E-state index in [0.29, 0.717) is 12.5 Å². The van der Waals surface area contributed by atoms with Gasteiger partial charge in [0.2, 0.25) is 5.88 Å². The molecule has 0 saturated carbocycles. The van der Waals surface area contributed by atoms with Crippen LogP contribution in [0.2, 0.25) is 0 Å². The minimum Gasteiger partial charge on any atom is -0.478 e. The Labute approximate surface area is 96.8 Å². The quantitative estimate of drug-likeness (QED) is 0.785. The highest BCUT2D eigenvalue weighted by Gasteiger charge is 2.06. The van der Waals surface area contributed by atoms with Crippen molar-refractivity contribution in [3.63, 3.8) is 0 Å². The van der Waals surface area contributed by atoms with Crippen LogP contribution in [-0.4, -0.2) is 48.7 Å². The molecular weight excluding hydrogens is 204 g/mol. The number of nitrogens with zero attached hydrogens (tertiary/aromatic N) is 3. The maximum atomic E-state index is 5.40. The molecule has 5 nitrogen and oxygen atoms in total. The highest BCUT2D eigenvalue weighted by atomic mass is 16.5. The average molecular weight is 224 g/mol. The minimum absolute atomic E-state index is 0.620. The van der Waals surface area contributed by atoms with Gasteiger partial charge in [-0.3, -0.25) is 0 Å². The van der Waals surface area contributed by atoms with Crippen molar-refractivity contribution >= 4 is 5.82 Å². The van der Waals surface area contributed by atoms with E-state index in [4.69, 9.17) is 4.74 Å². The summed E-state index contributed by atoms with van der Waals surface area (Å²) in [5, 5.41) is 3.27. The fourth-order valence-electron chi connectivity index (χ4n) is 1.29. The normalized spacial score (nSPS) is 10.6. The van der Waals surface area contributed by atoms with Gasteiger partial charge < -0.3 is 15.0 Å². The molecule has 0 unspecified atom stereocenters. The maximum Gasteiger partial charge on any atom is 0.221 e. The molecule has 0 spiro atoms. The van der Waals surface area contributed by atoms with Gasteiger partial charge in [0.05, 0.1) is 12.2 Å². The van der Waals surface area contributed by atoms with E-state index in [1.807, 2.05) is 27.9 Å². The van der Waals surface area contributed by atoms with E-state index in [2.05, 4.69) is 20.2 Å². The summed E-state index contributed by atoms with van der Waals surface area (Å²) in [7, 11) is 4.08. The summed E-state index contributed by atoms with van der Waals surface area (Å²) in [6.07, 6.45) is 1.52. The standard InChI is InChI=1S/C11H20N4O/c1-5-16-11-9(2)10(13-8-14-11)12-6-7-15(3)4/h8H,5-7H2,1-4H3,(H,12,13,14). The zero-order valence-electron chi connectivity index (χ0n) is 10.4. The number of nitrogens with one attached hydrogen (secondary N) is 1. The van der Waals surface area contributed by atoms with Gasteiger partial charge in [0.1, 0.15) is 12.1 Å². The van der Waals surface area contributed by atoms with Gasteiger partial charge in [0.15, 0.2) is 0 Å². The molecule has 16 heavy (non-hydrogen) atoms. The number of ether oxygens (including phenoxy) is 1. The zero-order valence-corrected chi connectivity index (χ0v) is 10.4. The first-order chi connectivity index (χ1) is 7.65. The molecule has 1 aromatic rings. The van der Waals surface area contributed by atoms with Crippen molar-refractivity contribution in [3.05, 3.63) is 11.9 Å². The summed E-state index contributed by atoms with van der Waals surface area (Å²) in [6.45, 7) is 6.35. The van der Waals surface area contributed by atoms with E-state index in [9.17, 15) is 0 Å². The average Bonchev–Trinajstić information content (AvgIpc) is 2.23. The fourth-order valence-corrected chi connectivity index (χ4v) is 1.29. The van der Waals surface area contributed by atoms with Crippen molar-refractivity contribution in [1.82, 2.24) is 14.9 Å². The number of hydrogen-bond donors (Lipinski definition) is 1. The molecule has 1 rings (SSSR count). The summed E-state index contributed by atoms with van der Waals surface area (Å²) in [4.78, 5) is 10.4. The third-order valence-electron chi connectivity index (χ3n) is 2.17. The molecular formula is C11H20N4O. The third-order valence-corrected chi connectivity index (χ3v) is 2.17. The Morgan fingerprint density at radius 3 is 2.75 bits per heavy atom. The lowest BCUT2D eigenvalue weighted by molar-refractivity contribution is 0.324. The fraction of sp³-hybridized carbons (Fsp3) is 0.636. The van der Waals surface area contributed by atoms with Crippen LogP contribution in [0.4, 0.5) is 5.82 Å². The molecule has 0 aromatic carbocycles. The largest absolute Gasteiger partial charge is 0.478 e. The summed E-state index contributed by atoms with van der Waals surface area (Å²) < 4.78 is 5.40. The van der Waals surface area contributed by atoms with Crippen LogP contribution in [-0.2, 0) is 0 Å². The summed E-state index contributed by atoms with van der Waals surface area (Å²) in [5.74, 6) is 1.50. The smallest absolute Gasteiger partial charge is 0.221 e. The van der Waals surface area contributed by atoms with E-state index < -0.39 is 0 Å². The Morgan fingerprint density at radius 2 is 2.12 bits per heavy atom. The predicted molar refractivity (Wildman–Crippen MR) is 65.0 cm³/mol. The molecule has 1 N–H and O–H groups in total. The van der Waals surface area contributed by atoms with Gasteiger partial charge >= 0.3 is 0 Å². The van der Waals surface area contributed by atoms with Crippen molar-refractivity contribution in [3.8, 4) is 5.88 Å². The van der Waals surface area contributed by atoms with Gasteiger partial charge in [0, 0.05) is 13.1 Å². The first-order valence-electron chi connectivity index (χ1n) is 5.48. The molecule has 0 amide bonds.